The number of thiocarbonyl (C=S) groups is 1. The second-order valence-electron chi connectivity index (χ2n) is 8.12. The van der Waals surface area contributed by atoms with Gasteiger partial charge in [-0.2, -0.15) is 0 Å². The largest absolute Gasteiger partial charge is 0.494 e. The third kappa shape index (κ3) is 5.47. The van der Waals surface area contributed by atoms with Crippen LogP contribution in [0.4, 0.5) is 5.69 Å². The van der Waals surface area contributed by atoms with E-state index in [2.05, 4.69) is 17.2 Å². The molecule has 0 radical (unpaired) electrons. The number of nitrogens with one attached hydrogen (secondary N) is 2. The first-order valence-electron chi connectivity index (χ1n) is 11.0. The van der Waals surface area contributed by atoms with Gasteiger partial charge in [0.2, 0.25) is 0 Å². The van der Waals surface area contributed by atoms with E-state index in [9.17, 15) is 4.79 Å². The fourth-order valence-electron chi connectivity index (χ4n) is 3.90. The van der Waals surface area contributed by atoms with Crippen molar-refractivity contribution < 1.29 is 9.47 Å². The van der Waals surface area contributed by atoms with E-state index in [4.69, 9.17) is 21.7 Å². The second-order valence-corrected chi connectivity index (χ2v) is 8.50. The van der Waals surface area contributed by atoms with Crippen LogP contribution in [-0.4, -0.2) is 40.9 Å². The molecular formula is C25H29N3O3S. The molecule has 0 amide bonds. The Kier molecular flexibility index (Phi) is 7.07. The Morgan fingerprint density at radius 2 is 2.06 bits per heavy atom. The smallest absolute Gasteiger partial charge is 0.253 e. The number of anilines is 1. The van der Waals surface area contributed by atoms with E-state index < -0.39 is 0 Å². The number of nitrogens with zero attached hydrogens (tertiary/aromatic N) is 1. The van der Waals surface area contributed by atoms with Crippen LogP contribution in [0.25, 0.3) is 10.9 Å². The molecule has 0 saturated carbocycles. The van der Waals surface area contributed by atoms with Crippen molar-refractivity contribution in [3.63, 3.8) is 0 Å². The molecule has 0 bridgehead atoms. The maximum absolute atomic E-state index is 12.8. The van der Waals surface area contributed by atoms with Crippen LogP contribution in [0.3, 0.4) is 0 Å². The minimum absolute atomic E-state index is 0.108. The summed E-state index contributed by atoms with van der Waals surface area (Å²) in [7, 11) is 0. The van der Waals surface area contributed by atoms with E-state index in [1.807, 2.05) is 60.4 Å². The number of aromatic amines is 1. The van der Waals surface area contributed by atoms with Crippen molar-refractivity contribution in [3.05, 3.63) is 70.0 Å². The molecular weight excluding hydrogens is 422 g/mol. The van der Waals surface area contributed by atoms with E-state index in [1.165, 1.54) is 5.56 Å². The number of hydrogen-bond acceptors (Lipinski definition) is 4. The van der Waals surface area contributed by atoms with Crippen LogP contribution < -0.4 is 15.6 Å². The van der Waals surface area contributed by atoms with Crippen molar-refractivity contribution in [1.29, 1.82) is 0 Å². The van der Waals surface area contributed by atoms with Gasteiger partial charge in [0.1, 0.15) is 5.75 Å². The van der Waals surface area contributed by atoms with E-state index in [-0.39, 0.29) is 11.7 Å². The van der Waals surface area contributed by atoms with Crippen molar-refractivity contribution in [3.8, 4) is 5.75 Å². The van der Waals surface area contributed by atoms with Crippen molar-refractivity contribution in [2.75, 3.05) is 25.1 Å². The third-order valence-electron chi connectivity index (χ3n) is 5.60. The molecule has 1 fully saturated rings. The van der Waals surface area contributed by atoms with Gasteiger partial charge in [-0.05, 0) is 75.3 Å². The zero-order valence-corrected chi connectivity index (χ0v) is 19.3. The van der Waals surface area contributed by atoms with Gasteiger partial charge >= 0.3 is 0 Å². The number of hydrogen-bond donors (Lipinski definition) is 2. The van der Waals surface area contributed by atoms with Crippen LogP contribution in [0.1, 0.15) is 30.9 Å². The average Bonchev–Trinajstić information content (AvgIpc) is 3.29. The second kappa shape index (κ2) is 10.1. The van der Waals surface area contributed by atoms with Gasteiger partial charge in [0, 0.05) is 35.3 Å². The highest BCUT2D eigenvalue weighted by Gasteiger charge is 2.22. The summed E-state index contributed by atoms with van der Waals surface area (Å²) in [6.45, 7) is 6.39. The molecule has 1 aliphatic rings. The maximum Gasteiger partial charge on any atom is 0.253 e. The van der Waals surface area contributed by atoms with Gasteiger partial charge in [-0.25, -0.2) is 0 Å². The van der Waals surface area contributed by atoms with Crippen molar-refractivity contribution in [1.82, 2.24) is 9.88 Å². The lowest BCUT2D eigenvalue weighted by Gasteiger charge is -2.28. The summed E-state index contributed by atoms with van der Waals surface area (Å²) in [4.78, 5) is 17.8. The molecule has 1 aromatic heterocycles. The minimum atomic E-state index is -0.114. The highest BCUT2D eigenvalue weighted by atomic mass is 32.1. The van der Waals surface area contributed by atoms with Gasteiger partial charge in [0.25, 0.3) is 5.56 Å². The first kappa shape index (κ1) is 22.3. The number of benzene rings is 2. The van der Waals surface area contributed by atoms with Crippen molar-refractivity contribution in [2.45, 2.75) is 39.3 Å². The Morgan fingerprint density at radius 1 is 1.25 bits per heavy atom. The van der Waals surface area contributed by atoms with Crippen LogP contribution >= 0.6 is 12.2 Å². The Hall–Kier alpha value is -2.90. The number of rotatable bonds is 7. The molecule has 3 aromatic rings. The Balaban J connectivity index is 1.59. The number of pyridine rings is 1. The molecule has 1 atom stereocenters. The zero-order chi connectivity index (χ0) is 22.5. The predicted molar refractivity (Wildman–Crippen MR) is 133 cm³/mol. The molecule has 1 unspecified atom stereocenters. The normalized spacial score (nSPS) is 15.6. The van der Waals surface area contributed by atoms with Gasteiger partial charge in [-0.3, -0.25) is 4.79 Å². The first-order chi connectivity index (χ1) is 15.5. The average molecular weight is 452 g/mol. The lowest BCUT2D eigenvalue weighted by molar-refractivity contribution is 0.0904. The Morgan fingerprint density at radius 3 is 2.78 bits per heavy atom. The van der Waals surface area contributed by atoms with E-state index >= 15 is 0 Å². The van der Waals surface area contributed by atoms with E-state index in [1.54, 1.807) is 0 Å². The minimum Gasteiger partial charge on any atom is -0.494 e. The summed E-state index contributed by atoms with van der Waals surface area (Å²) < 4.78 is 11.5. The van der Waals surface area contributed by atoms with Gasteiger partial charge in [-0.1, -0.05) is 17.7 Å². The summed E-state index contributed by atoms with van der Waals surface area (Å²) in [5.74, 6) is 0.783. The summed E-state index contributed by atoms with van der Waals surface area (Å²) in [6.07, 6.45) is 2.15. The Bertz CT molecular complexity index is 1140. The molecule has 6 nitrogen and oxygen atoms in total. The first-order valence-corrected chi connectivity index (χ1v) is 11.5. The third-order valence-corrected chi connectivity index (χ3v) is 5.96. The van der Waals surface area contributed by atoms with Gasteiger partial charge in [0.15, 0.2) is 5.11 Å². The van der Waals surface area contributed by atoms with Crippen LogP contribution in [0.15, 0.2) is 53.3 Å². The van der Waals surface area contributed by atoms with Gasteiger partial charge < -0.3 is 24.7 Å². The molecule has 2 N–H and O–H groups in total. The summed E-state index contributed by atoms with van der Waals surface area (Å²) in [5.41, 5.74) is 3.43. The highest BCUT2D eigenvalue weighted by molar-refractivity contribution is 7.80. The standard InChI is InChI=1S/C25H29N3O3S/c1-3-30-21-10-11-23-18(14-21)13-19(24(29)27-23)15-28(16-22-5-4-12-31-22)25(32)26-20-8-6-17(2)7-9-20/h6-11,13-14,22H,3-5,12,15-16H2,1-2H3,(H,26,32)(H,27,29). The summed E-state index contributed by atoms with van der Waals surface area (Å²) >= 11 is 5.75. The quantitative estimate of drug-likeness (QED) is 0.511. The molecule has 0 spiro atoms. The topological polar surface area (TPSA) is 66.6 Å². The van der Waals surface area contributed by atoms with Crippen LogP contribution in [0.5, 0.6) is 5.75 Å². The Labute approximate surface area is 193 Å². The SMILES string of the molecule is CCOc1ccc2[nH]c(=O)c(CN(CC3CCCO3)C(=S)Nc3ccc(C)cc3)cc2c1. The maximum atomic E-state index is 12.8. The molecule has 1 saturated heterocycles. The lowest BCUT2D eigenvalue weighted by Crippen LogP contribution is -2.40. The molecule has 0 aliphatic carbocycles. The zero-order valence-electron chi connectivity index (χ0n) is 18.5. The van der Waals surface area contributed by atoms with E-state index in [0.29, 0.717) is 30.4 Å². The molecule has 32 heavy (non-hydrogen) atoms. The van der Waals surface area contributed by atoms with E-state index in [0.717, 1.165) is 41.8 Å². The number of H-pyrrole nitrogens is 1. The number of ether oxygens (including phenoxy) is 2. The predicted octanol–water partition coefficient (Wildman–Crippen LogP) is 4.61. The fourth-order valence-corrected chi connectivity index (χ4v) is 4.16. The lowest BCUT2D eigenvalue weighted by atomic mass is 10.1. The molecule has 4 rings (SSSR count). The summed E-state index contributed by atoms with van der Waals surface area (Å²) in [5, 5.41) is 4.82. The van der Waals surface area contributed by atoms with Crippen molar-refractivity contribution >= 4 is 33.9 Å². The van der Waals surface area contributed by atoms with Crippen LogP contribution in [0.2, 0.25) is 0 Å². The number of aryl methyl sites for hydroxylation is 1. The molecule has 2 aromatic carbocycles. The van der Waals surface area contributed by atoms with Crippen molar-refractivity contribution in [2.24, 2.45) is 0 Å². The molecule has 168 valence electrons. The van der Waals surface area contributed by atoms with Crippen LogP contribution in [-0.2, 0) is 11.3 Å². The molecule has 1 aliphatic heterocycles. The van der Waals surface area contributed by atoms with Gasteiger partial charge in [0.05, 0.1) is 19.3 Å². The van der Waals surface area contributed by atoms with Crippen LogP contribution in [0, 0.1) is 6.92 Å². The molecule has 2 heterocycles. The number of fused-ring (bicyclic) bond motifs is 1. The molecule has 7 heteroatoms. The number of aromatic nitrogens is 1. The van der Waals surface area contributed by atoms with Gasteiger partial charge in [-0.15, -0.1) is 0 Å². The monoisotopic (exact) mass is 451 g/mol. The summed E-state index contributed by atoms with van der Waals surface area (Å²) in [6, 6.07) is 15.7. The highest BCUT2D eigenvalue weighted by Crippen LogP contribution is 2.21. The fraction of sp³-hybridized carbons (Fsp3) is 0.360.